The quantitative estimate of drug-likeness (QED) is 0.809. The molecular formula is C12H16F3N3O. The summed E-state index contributed by atoms with van der Waals surface area (Å²) in [6.07, 6.45) is -3.82. The number of anilines is 2. The molecule has 0 saturated heterocycles. The van der Waals surface area contributed by atoms with Gasteiger partial charge in [-0.1, -0.05) is 13.0 Å². The molecule has 1 rings (SSSR count). The fraction of sp³-hybridized carbons (Fsp3) is 0.417. The Balaban J connectivity index is 3.16. The average molecular weight is 275 g/mol. The van der Waals surface area contributed by atoms with Crippen molar-refractivity contribution in [1.82, 2.24) is 0 Å². The minimum atomic E-state index is -4.34. The zero-order chi connectivity index (χ0) is 14.6. The molecule has 0 aliphatic rings. The van der Waals surface area contributed by atoms with Gasteiger partial charge < -0.3 is 16.4 Å². The third-order valence-corrected chi connectivity index (χ3v) is 2.55. The molecule has 1 amide bonds. The molecule has 4 N–H and O–H groups in total. The van der Waals surface area contributed by atoms with Crippen LogP contribution >= 0.6 is 0 Å². The number of para-hydroxylation sites is 1. The molecule has 0 aliphatic heterocycles. The molecule has 0 heterocycles. The van der Waals surface area contributed by atoms with Gasteiger partial charge in [-0.05, 0) is 18.6 Å². The summed E-state index contributed by atoms with van der Waals surface area (Å²) in [6.45, 7) is 0.830. The highest BCUT2D eigenvalue weighted by atomic mass is 19.4. The first-order chi connectivity index (χ1) is 8.76. The minimum Gasteiger partial charge on any atom is -0.396 e. The van der Waals surface area contributed by atoms with Crippen molar-refractivity contribution in [2.45, 2.75) is 19.5 Å². The van der Waals surface area contributed by atoms with E-state index in [9.17, 15) is 18.0 Å². The average Bonchev–Trinajstić information content (AvgIpc) is 2.26. The van der Waals surface area contributed by atoms with Crippen molar-refractivity contribution in [1.29, 1.82) is 0 Å². The van der Waals surface area contributed by atoms with E-state index in [1.807, 2.05) is 0 Å². The van der Waals surface area contributed by atoms with Crippen LogP contribution in [0.25, 0.3) is 0 Å². The summed E-state index contributed by atoms with van der Waals surface area (Å²) in [5, 5.41) is 0. The Labute approximate surface area is 109 Å². The zero-order valence-electron chi connectivity index (χ0n) is 10.5. The molecule has 0 spiro atoms. The summed E-state index contributed by atoms with van der Waals surface area (Å²) in [5.74, 6) is -0.761. The number of carbonyl (C=O) groups is 1. The molecule has 0 saturated carbocycles. The highest BCUT2D eigenvalue weighted by Crippen LogP contribution is 2.29. The van der Waals surface area contributed by atoms with Gasteiger partial charge in [0.2, 0.25) is 0 Å². The zero-order valence-corrected chi connectivity index (χ0v) is 10.5. The van der Waals surface area contributed by atoms with Crippen molar-refractivity contribution in [3.8, 4) is 0 Å². The topological polar surface area (TPSA) is 72.3 Å². The third kappa shape index (κ3) is 4.04. The van der Waals surface area contributed by atoms with E-state index in [4.69, 9.17) is 11.5 Å². The number of alkyl halides is 3. The Bertz CT molecular complexity index is 460. The van der Waals surface area contributed by atoms with E-state index in [-0.39, 0.29) is 23.5 Å². The number of nitrogens with two attached hydrogens (primary N) is 2. The molecule has 7 heteroatoms. The normalized spacial score (nSPS) is 11.4. The molecule has 106 valence electrons. The highest BCUT2D eigenvalue weighted by molar-refractivity contribution is 6.00. The lowest BCUT2D eigenvalue weighted by atomic mass is 10.1. The van der Waals surface area contributed by atoms with Gasteiger partial charge in [-0.25, -0.2) is 0 Å². The van der Waals surface area contributed by atoms with Gasteiger partial charge in [0.05, 0.1) is 16.9 Å². The fourth-order valence-electron chi connectivity index (χ4n) is 1.81. The number of hydrogen-bond acceptors (Lipinski definition) is 3. The second-order valence-electron chi connectivity index (χ2n) is 4.14. The summed E-state index contributed by atoms with van der Waals surface area (Å²) in [7, 11) is 0. The van der Waals surface area contributed by atoms with Gasteiger partial charge in [-0.3, -0.25) is 4.79 Å². The standard InChI is InChI=1S/C12H16F3N3O/c1-2-6-18(7-12(13,14)15)9-5-3-4-8(10(9)16)11(17)19/h3-5H,2,6-7,16H2,1H3,(H2,17,19). The number of hydrogen-bond donors (Lipinski definition) is 2. The van der Waals surface area contributed by atoms with Crippen LogP contribution in [-0.4, -0.2) is 25.2 Å². The van der Waals surface area contributed by atoms with Crippen LogP contribution in [0.5, 0.6) is 0 Å². The van der Waals surface area contributed by atoms with Crippen LogP contribution in [0.2, 0.25) is 0 Å². The SMILES string of the molecule is CCCN(CC(F)(F)F)c1cccc(C(N)=O)c1N. The lowest BCUT2D eigenvalue weighted by Gasteiger charge is -2.27. The number of amides is 1. The molecule has 0 aromatic heterocycles. The molecule has 0 bridgehead atoms. The maximum absolute atomic E-state index is 12.5. The Kier molecular flexibility index (Phi) is 4.63. The molecular weight excluding hydrogens is 259 g/mol. The van der Waals surface area contributed by atoms with Gasteiger partial charge in [0.1, 0.15) is 6.54 Å². The van der Waals surface area contributed by atoms with Crippen LogP contribution in [0.3, 0.4) is 0 Å². The minimum absolute atomic E-state index is 0.0206. The molecule has 1 aromatic rings. The first-order valence-electron chi connectivity index (χ1n) is 5.76. The number of primary amides is 1. The molecule has 0 atom stereocenters. The number of benzene rings is 1. The smallest absolute Gasteiger partial charge is 0.396 e. The Morgan fingerprint density at radius 3 is 2.47 bits per heavy atom. The summed E-state index contributed by atoms with van der Waals surface area (Å²) in [4.78, 5) is 12.2. The van der Waals surface area contributed by atoms with E-state index in [1.165, 1.54) is 18.2 Å². The summed E-state index contributed by atoms with van der Waals surface area (Å²) in [6, 6.07) is 4.30. The van der Waals surface area contributed by atoms with Crippen molar-refractivity contribution in [2.75, 3.05) is 23.7 Å². The van der Waals surface area contributed by atoms with E-state index in [2.05, 4.69) is 0 Å². The van der Waals surface area contributed by atoms with E-state index < -0.39 is 18.6 Å². The molecule has 0 unspecified atom stereocenters. The third-order valence-electron chi connectivity index (χ3n) is 2.55. The predicted octanol–water partition coefficient (Wildman–Crippen LogP) is 2.15. The van der Waals surface area contributed by atoms with Gasteiger partial charge in [0.15, 0.2) is 0 Å². The monoisotopic (exact) mass is 275 g/mol. The van der Waals surface area contributed by atoms with Crippen LogP contribution in [0, 0.1) is 0 Å². The lowest BCUT2D eigenvalue weighted by molar-refractivity contribution is -0.119. The summed E-state index contributed by atoms with van der Waals surface area (Å²) >= 11 is 0. The maximum Gasteiger partial charge on any atom is 0.405 e. The number of halogens is 3. The largest absolute Gasteiger partial charge is 0.405 e. The van der Waals surface area contributed by atoms with Crippen molar-refractivity contribution in [2.24, 2.45) is 5.73 Å². The molecule has 19 heavy (non-hydrogen) atoms. The second-order valence-corrected chi connectivity index (χ2v) is 4.14. The van der Waals surface area contributed by atoms with Crippen LogP contribution < -0.4 is 16.4 Å². The molecule has 0 radical (unpaired) electrons. The van der Waals surface area contributed by atoms with Gasteiger partial charge >= 0.3 is 6.18 Å². The maximum atomic E-state index is 12.5. The fourth-order valence-corrected chi connectivity index (χ4v) is 1.81. The summed E-state index contributed by atoms with van der Waals surface area (Å²) in [5.41, 5.74) is 11.0. The first-order valence-corrected chi connectivity index (χ1v) is 5.76. The van der Waals surface area contributed by atoms with Crippen LogP contribution in [0.1, 0.15) is 23.7 Å². The number of rotatable bonds is 5. The predicted molar refractivity (Wildman–Crippen MR) is 67.9 cm³/mol. The van der Waals surface area contributed by atoms with Crippen molar-refractivity contribution in [3.05, 3.63) is 23.8 Å². The van der Waals surface area contributed by atoms with Gasteiger partial charge in [0, 0.05) is 6.54 Å². The molecule has 1 aromatic carbocycles. The van der Waals surface area contributed by atoms with Gasteiger partial charge in [0.25, 0.3) is 5.91 Å². The van der Waals surface area contributed by atoms with Crippen molar-refractivity contribution in [3.63, 3.8) is 0 Å². The molecule has 0 fully saturated rings. The first kappa shape index (κ1) is 15.1. The van der Waals surface area contributed by atoms with Crippen LogP contribution in [0.15, 0.2) is 18.2 Å². The Hall–Kier alpha value is -1.92. The second kappa shape index (κ2) is 5.81. The van der Waals surface area contributed by atoms with E-state index >= 15 is 0 Å². The molecule has 4 nitrogen and oxygen atoms in total. The van der Waals surface area contributed by atoms with Gasteiger partial charge in [-0.2, -0.15) is 13.2 Å². The number of nitrogen functional groups attached to an aromatic ring is 1. The van der Waals surface area contributed by atoms with Crippen molar-refractivity contribution >= 4 is 17.3 Å². The number of nitrogens with zero attached hydrogens (tertiary/aromatic N) is 1. The van der Waals surface area contributed by atoms with Crippen molar-refractivity contribution < 1.29 is 18.0 Å². The Morgan fingerprint density at radius 1 is 1.37 bits per heavy atom. The summed E-state index contributed by atoms with van der Waals surface area (Å²) < 4.78 is 37.6. The number of carbonyl (C=O) groups excluding carboxylic acids is 1. The molecule has 0 aliphatic carbocycles. The Morgan fingerprint density at radius 2 is 2.00 bits per heavy atom. The van der Waals surface area contributed by atoms with Crippen LogP contribution in [-0.2, 0) is 0 Å². The van der Waals surface area contributed by atoms with E-state index in [0.29, 0.717) is 6.42 Å². The lowest BCUT2D eigenvalue weighted by Crippen LogP contribution is -2.35. The highest BCUT2D eigenvalue weighted by Gasteiger charge is 2.31. The van der Waals surface area contributed by atoms with Crippen LogP contribution in [0.4, 0.5) is 24.5 Å². The van der Waals surface area contributed by atoms with Gasteiger partial charge in [-0.15, -0.1) is 0 Å². The van der Waals surface area contributed by atoms with E-state index in [1.54, 1.807) is 6.92 Å². The van der Waals surface area contributed by atoms with E-state index in [0.717, 1.165) is 4.90 Å².